The number of anilines is 1. The van der Waals surface area contributed by atoms with Crippen molar-refractivity contribution in [2.75, 3.05) is 64.3 Å². The molecule has 186 valence electrons. The summed E-state index contributed by atoms with van der Waals surface area (Å²) in [6.45, 7) is 7.35. The van der Waals surface area contributed by atoms with Crippen LogP contribution in [0.3, 0.4) is 0 Å². The second-order valence-corrected chi connectivity index (χ2v) is 10.0. The van der Waals surface area contributed by atoms with Crippen molar-refractivity contribution in [2.45, 2.75) is 38.6 Å². The van der Waals surface area contributed by atoms with Gasteiger partial charge >= 0.3 is 0 Å². The first kappa shape index (κ1) is 24.4. The van der Waals surface area contributed by atoms with Gasteiger partial charge in [0.1, 0.15) is 5.82 Å². The summed E-state index contributed by atoms with van der Waals surface area (Å²) in [5.74, 6) is -0.262. The summed E-state index contributed by atoms with van der Waals surface area (Å²) in [5.41, 5.74) is 0.693. The van der Waals surface area contributed by atoms with E-state index in [2.05, 4.69) is 15.1 Å². The Labute approximate surface area is 201 Å². The molecule has 1 spiro atoms. The molecule has 1 atom stereocenters. The minimum Gasteiger partial charge on any atom is -0.369 e. The van der Waals surface area contributed by atoms with E-state index in [1.54, 1.807) is 11.9 Å². The van der Waals surface area contributed by atoms with Gasteiger partial charge in [-0.15, -0.1) is 0 Å². The zero-order valence-electron chi connectivity index (χ0n) is 20.3. The van der Waals surface area contributed by atoms with Crippen LogP contribution in [0.25, 0.3) is 0 Å². The fraction of sp³-hybridized carbons (Fsp3) is 0.640. The second kappa shape index (κ2) is 10.3. The van der Waals surface area contributed by atoms with Crippen molar-refractivity contribution in [3.8, 4) is 0 Å². The van der Waals surface area contributed by atoms with Gasteiger partial charge in [-0.1, -0.05) is 0 Å². The Morgan fingerprint density at radius 2 is 1.74 bits per heavy atom. The first-order valence-electron chi connectivity index (χ1n) is 12.3. The van der Waals surface area contributed by atoms with Crippen LogP contribution in [0.4, 0.5) is 10.1 Å². The zero-order valence-corrected chi connectivity index (χ0v) is 20.3. The first-order chi connectivity index (χ1) is 16.3. The molecule has 0 unspecified atom stereocenters. The maximum Gasteiger partial charge on any atom is 0.242 e. The minimum atomic E-state index is -0.366. The van der Waals surface area contributed by atoms with Crippen molar-refractivity contribution in [1.82, 2.24) is 20.0 Å². The minimum absolute atomic E-state index is 0.0534. The predicted molar refractivity (Wildman–Crippen MR) is 128 cm³/mol. The zero-order chi connectivity index (χ0) is 24.3. The van der Waals surface area contributed by atoms with Gasteiger partial charge in [0.2, 0.25) is 17.7 Å². The van der Waals surface area contributed by atoms with E-state index >= 15 is 0 Å². The lowest BCUT2D eigenvalue weighted by Crippen LogP contribution is -2.48. The van der Waals surface area contributed by atoms with Crippen LogP contribution in [0.2, 0.25) is 0 Å². The number of hydrogen-bond acceptors (Lipinski definition) is 5. The summed E-state index contributed by atoms with van der Waals surface area (Å²) in [5, 5.41) is 3.22. The molecule has 1 aromatic carbocycles. The molecule has 9 heteroatoms. The Bertz CT molecular complexity index is 892. The van der Waals surface area contributed by atoms with Crippen molar-refractivity contribution in [3.63, 3.8) is 0 Å². The van der Waals surface area contributed by atoms with Gasteiger partial charge in [0.05, 0.1) is 12.0 Å². The van der Waals surface area contributed by atoms with Crippen LogP contribution in [0, 0.1) is 11.2 Å². The Morgan fingerprint density at radius 1 is 1.09 bits per heavy atom. The number of amides is 3. The van der Waals surface area contributed by atoms with Crippen LogP contribution in [-0.2, 0) is 14.4 Å². The number of carbonyl (C=O) groups excluding carboxylic acids is 3. The molecule has 3 aliphatic heterocycles. The van der Waals surface area contributed by atoms with Crippen molar-refractivity contribution in [3.05, 3.63) is 30.1 Å². The largest absolute Gasteiger partial charge is 0.369 e. The van der Waals surface area contributed by atoms with E-state index in [4.69, 9.17) is 0 Å². The van der Waals surface area contributed by atoms with Gasteiger partial charge < -0.3 is 20.0 Å². The highest BCUT2D eigenvalue weighted by molar-refractivity contribution is 5.86. The number of likely N-dealkylation sites (tertiary alicyclic amines) is 1. The van der Waals surface area contributed by atoms with Crippen LogP contribution < -0.4 is 10.2 Å². The third-order valence-electron chi connectivity index (χ3n) is 7.80. The van der Waals surface area contributed by atoms with Crippen LogP contribution in [0.5, 0.6) is 0 Å². The fourth-order valence-electron chi connectivity index (χ4n) is 5.38. The van der Waals surface area contributed by atoms with E-state index in [-0.39, 0.29) is 41.5 Å². The molecule has 34 heavy (non-hydrogen) atoms. The third kappa shape index (κ3) is 5.51. The van der Waals surface area contributed by atoms with Gasteiger partial charge in [-0.3, -0.25) is 19.3 Å². The smallest absolute Gasteiger partial charge is 0.242 e. The number of hydrogen-bond donors (Lipinski definition) is 1. The molecule has 0 saturated carbocycles. The molecule has 0 aliphatic carbocycles. The van der Waals surface area contributed by atoms with Gasteiger partial charge in [0.15, 0.2) is 0 Å². The van der Waals surface area contributed by atoms with Gasteiger partial charge in [0, 0.05) is 71.5 Å². The first-order valence-corrected chi connectivity index (χ1v) is 12.3. The Balaban J connectivity index is 1.20. The van der Waals surface area contributed by atoms with Crippen LogP contribution in [-0.4, -0.2) is 97.9 Å². The van der Waals surface area contributed by atoms with Crippen molar-refractivity contribution >= 4 is 23.4 Å². The summed E-state index contributed by atoms with van der Waals surface area (Å²) < 4.78 is 13.2. The van der Waals surface area contributed by atoms with Crippen molar-refractivity contribution in [1.29, 1.82) is 0 Å². The highest BCUT2D eigenvalue weighted by Gasteiger charge is 2.48. The average molecular weight is 474 g/mol. The fourth-order valence-corrected chi connectivity index (χ4v) is 5.38. The molecule has 3 heterocycles. The second-order valence-electron chi connectivity index (χ2n) is 10.0. The highest BCUT2D eigenvalue weighted by Crippen LogP contribution is 2.41. The molecule has 0 aromatic heterocycles. The Hall–Kier alpha value is -2.68. The molecule has 3 fully saturated rings. The molecule has 3 saturated heterocycles. The highest BCUT2D eigenvalue weighted by atomic mass is 19.1. The molecule has 1 N–H and O–H groups in total. The molecule has 1 aromatic rings. The molecule has 4 rings (SSSR count). The summed E-state index contributed by atoms with van der Waals surface area (Å²) in [6.07, 6.45) is 3.12. The topological polar surface area (TPSA) is 76.2 Å². The molecule has 3 amide bonds. The van der Waals surface area contributed by atoms with E-state index in [0.29, 0.717) is 25.9 Å². The number of benzene rings is 1. The molecule has 0 radical (unpaired) electrons. The Morgan fingerprint density at radius 3 is 2.35 bits per heavy atom. The summed E-state index contributed by atoms with van der Waals surface area (Å²) >= 11 is 0. The quantitative estimate of drug-likeness (QED) is 0.675. The van der Waals surface area contributed by atoms with E-state index in [1.807, 2.05) is 12.1 Å². The van der Waals surface area contributed by atoms with Gasteiger partial charge in [-0.2, -0.15) is 0 Å². The number of likely N-dealkylation sites (N-methyl/N-ethyl adjacent to an activating group) is 1. The molecular formula is C25H36FN5O3. The van der Waals surface area contributed by atoms with Gasteiger partial charge in [-0.25, -0.2) is 4.39 Å². The van der Waals surface area contributed by atoms with Crippen LogP contribution in [0.15, 0.2) is 24.3 Å². The normalized spacial score (nSPS) is 22.7. The van der Waals surface area contributed by atoms with Crippen molar-refractivity contribution < 1.29 is 18.8 Å². The number of carbonyl (C=O) groups is 3. The van der Waals surface area contributed by atoms with Crippen LogP contribution >= 0.6 is 0 Å². The van der Waals surface area contributed by atoms with E-state index in [9.17, 15) is 18.8 Å². The summed E-state index contributed by atoms with van der Waals surface area (Å²) in [6, 6.07) is 6.85. The van der Waals surface area contributed by atoms with Gasteiger partial charge in [0.25, 0.3) is 0 Å². The third-order valence-corrected chi connectivity index (χ3v) is 7.80. The molecule has 8 nitrogen and oxygen atoms in total. The standard InChI is InChI=1S/C25H36FN5O3/c1-19(32)28(2)18-23(33)31-11-8-25(9-12-31)17-21(27-24(25)34)7-10-29-13-15-30(16-14-29)22-5-3-20(26)4-6-22/h3-6,21H,7-18H2,1-2H3,(H,27,34)/t21-/m0/s1. The maximum atomic E-state index is 13.2. The lowest BCUT2D eigenvalue weighted by molar-refractivity contribution is -0.141. The molecular weight excluding hydrogens is 437 g/mol. The lowest BCUT2D eigenvalue weighted by atomic mass is 9.75. The van der Waals surface area contributed by atoms with Crippen molar-refractivity contribution in [2.24, 2.45) is 5.41 Å². The number of nitrogens with one attached hydrogen (secondary N) is 1. The van der Waals surface area contributed by atoms with E-state index in [1.165, 1.54) is 24.0 Å². The monoisotopic (exact) mass is 473 g/mol. The van der Waals surface area contributed by atoms with Gasteiger partial charge in [-0.05, 0) is 49.9 Å². The van der Waals surface area contributed by atoms with Crippen LogP contribution in [0.1, 0.15) is 32.6 Å². The number of piperidine rings is 1. The van der Waals surface area contributed by atoms with E-state index < -0.39 is 0 Å². The van der Waals surface area contributed by atoms with E-state index in [0.717, 1.165) is 51.3 Å². The maximum absolute atomic E-state index is 13.2. The Kier molecular flexibility index (Phi) is 7.40. The summed E-state index contributed by atoms with van der Waals surface area (Å²) in [7, 11) is 1.63. The number of nitrogens with zero attached hydrogens (tertiary/aromatic N) is 4. The number of halogens is 1. The lowest BCUT2D eigenvalue weighted by Gasteiger charge is -2.38. The predicted octanol–water partition coefficient (Wildman–Crippen LogP) is 1.31. The molecule has 0 bridgehead atoms. The average Bonchev–Trinajstić information content (AvgIpc) is 3.13. The number of piperazine rings is 1. The molecule has 3 aliphatic rings. The summed E-state index contributed by atoms with van der Waals surface area (Å²) in [4.78, 5) is 44.7. The number of rotatable bonds is 6. The SMILES string of the molecule is CC(=O)N(C)CC(=O)N1CCC2(CC1)C[C@H](CCN1CCN(c3ccc(F)cc3)CC1)NC2=O.